The zero-order valence-corrected chi connectivity index (χ0v) is 11.3. The van der Waals surface area contributed by atoms with E-state index in [1.807, 2.05) is 0 Å². The highest BCUT2D eigenvalue weighted by Gasteiger charge is 2.25. The van der Waals surface area contributed by atoms with Crippen LogP contribution >= 0.6 is 11.8 Å². The molecule has 88 valence electrons. The van der Waals surface area contributed by atoms with Gasteiger partial charge < -0.3 is 0 Å². The number of carbonyl (C=O) groups is 1. The Morgan fingerprint density at radius 1 is 1.20 bits per heavy atom. The van der Waals surface area contributed by atoms with Crippen molar-refractivity contribution in [3.05, 3.63) is 0 Å². The average molecular weight is 228 g/mol. The third kappa shape index (κ3) is 5.05. The summed E-state index contributed by atoms with van der Waals surface area (Å²) in [5.74, 6) is 2.41. The molecule has 0 aromatic carbocycles. The van der Waals surface area contributed by atoms with Crippen molar-refractivity contribution in [3.8, 4) is 0 Å². The van der Waals surface area contributed by atoms with Gasteiger partial charge in [-0.15, -0.1) is 11.8 Å². The van der Waals surface area contributed by atoms with Crippen LogP contribution in [0.2, 0.25) is 0 Å². The van der Waals surface area contributed by atoms with Crippen LogP contribution in [0.5, 0.6) is 0 Å². The summed E-state index contributed by atoms with van der Waals surface area (Å²) in [7, 11) is 0. The first kappa shape index (κ1) is 13.1. The minimum atomic E-state index is 0.220. The van der Waals surface area contributed by atoms with E-state index >= 15 is 0 Å². The Morgan fingerprint density at radius 2 is 1.73 bits per heavy atom. The number of rotatable bonds is 3. The molecule has 0 bridgehead atoms. The van der Waals surface area contributed by atoms with Crippen LogP contribution in [-0.4, -0.2) is 16.3 Å². The molecule has 1 aliphatic carbocycles. The van der Waals surface area contributed by atoms with Gasteiger partial charge in [-0.1, -0.05) is 40.5 Å². The Labute approximate surface area is 98.4 Å². The number of Topliss-reactive ketones (excluding diaryl/α,β-unsaturated/α-hetero) is 1. The average Bonchev–Trinajstić information content (AvgIpc) is 2.14. The van der Waals surface area contributed by atoms with Gasteiger partial charge in [-0.05, 0) is 18.8 Å². The smallest absolute Gasteiger partial charge is 0.145 e. The molecule has 2 heteroatoms. The standard InChI is InChI=1S/C13H24OS/c1-10-5-7-11(8-6-10)12(14)9-15-13(2,3)4/h10-11H,5-9H2,1-4H3. The molecule has 0 N–H and O–H groups in total. The summed E-state index contributed by atoms with van der Waals surface area (Å²) < 4.78 is 0.220. The van der Waals surface area contributed by atoms with Crippen molar-refractivity contribution in [1.82, 2.24) is 0 Å². The minimum absolute atomic E-state index is 0.220. The summed E-state index contributed by atoms with van der Waals surface area (Å²) in [6, 6.07) is 0. The van der Waals surface area contributed by atoms with Crippen LogP contribution in [0.3, 0.4) is 0 Å². The molecule has 1 saturated carbocycles. The molecule has 1 fully saturated rings. The van der Waals surface area contributed by atoms with Gasteiger partial charge >= 0.3 is 0 Å². The third-order valence-corrected chi connectivity index (χ3v) is 4.41. The maximum absolute atomic E-state index is 11.9. The molecule has 0 amide bonds. The fourth-order valence-corrected chi connectivity index (χ4v) is 2.80. The van der Waals surface area contributed by atoms with Crippen molar-refractivity contribution in [2.75, 3.05) is 5.75 Å². The molecule has 0 atom stereocenters. The number of ketones is 1. The molecular formula is C13H24OS. The summed E-state index contributed by atoms with van der Waals surface area (Å²) in [4.78, 5) is 11.9. The highest BCUT2D eigenvalue weighted by Crippen LogP contribution is 2.31. The summed E-state index contributed by atoms with van der Waals surface area (Å²) >= 11 is 1.79. The molecular weight excluding hydrogens is 204 g/mol. The van der Waals surface area contributed by atoms with Crippen molar-refractivity contribution in [3.63, 3.8) is 0 Å². The van der Waals surface area contributed by atoms with E-state index in [2.05, 4.69) is 27.7 Å². The second kappa shape index (κ2) is 5.38. The largest absolute Gasteiger partial charge is 0.298 e. The van der Waals surface area contributed by atoms with E-state index in [4.69, 9.17) is 0 Å². The molecule has 1 nitrogen and oxygen atoms in total. The van der Waals surface area contributed by atoms with Gasteiger partial charge in [-0.25, -0.2) is 0 Å². The van der Waals surface area contributed by atoms with Crippen molar-refractivity contribution in [1.29, 1.82) is 0 Å². The summed E-state index contributed by atoms with van der Waals surface area (Å²) in [5.41, 5.74) is 0. The van der Waals surface area contributed by atoms with E-state index in [-0.39, 0.29) is 4.75 Å². The van der Waals surface area contributed by atoms with Crippen LogP contribution in [0.4, 0.5) is 0 Å². The van der Waals surface area contributed by atoms with E-state index in [0.717, 1.165) is 18.8 Å². The highest BCUT2D eigenvalue weighted by molar-refractivity contribution is 8.01. The molecule has 0 heterocycles. The van der Waals surface area contributed by atoms with Crippen molar-refractivity contribution < 1.29 is 4.79 Å². The Hall–Kier alpha value is 0.0200. The molecule has 0 aromatic heterocycles. The molecule has 0 saturated heterocycles. The molecule has 0 radical (unpaired) electrons. The first-order valence-electron chi connectivity index (χ1n) is 6.05. The third-order valence-electron chi connectivity index (χ3n) is 3.12. The Kier molecular flexibility index (Phi) is 4.69. The number of carbonyl (C=O) groups excluding carboxylic acids is 1. The maximum Gasteiger partial charge on any atom is 0.145 e. The second-order valence-electron chi connectivity index (χ2n) is 5.82. The zero-order valence-electron chi connectivity index (χ0n) is 10.5. The quantitative estimate of drug-likeness (QED) is 0.728. The van der Waals surface area contributed by atoms with Crippen LogP contribution in [-0.2, 0) is 4.79 Å². The topological polar surface area (TPSA) is 17.1 Å². The molecule has 0 aromatic rings. The zero-order chi connectivity index (χ0) is 11.5. The van der Waals surface area contributed by atoms with E-state index in [0.29, 0.717) is 17.5 Å². The first-order valence-corrected chi connectivity index (χ1v) is 7.04. The number of thioether (sulfide) groups is 1. The Morgan fingerprint density at radius 3 is 2.20 bits per heavy atom. The van der Waals surface area contributed by atoms with Gasteiger partial charge in [0, 0.05) is 10.7 Å². The highest BCUT2D eigenvalue weighted by atomic mass is 32.2. The van der Waals surface area contributed by atoms with Crippen LogP contribution in [0.1, 0.15) is 53.4 Å². The van der Waals surface area contributed by atoms with Gasteiger partial charge in [-0.2, -0.15) is 0 Å². The molecule has 1 aliphatic rings. The molecule has 15 heavy (non-hydrogen) atoms. The van der Waals surface area contributed by atoms with Crippen molar-refractivity contribution in [2.45, 2.75) is 58.1 Å². The summed E-state index contributed by atoms with van der Waals surface area (Å²) in [6.45, 7) is 8.82. The van der Waals surface area contributed by atoms with E-state index in [9.17, 15) is 4.79 Å². The molecule has 1 rings (SSSR count). The normalized spacial score (nSPS) is 27.7. The lowest BCUT2D eigenvalue weighted by Crippen LogP contribution is -2.24. The maximum atomic E-state index is 11.9. The van der Waals surface area contributed by atoms with Crippen LogP contribution in [0.25, 0.3) is 0 Å². The van der Waals surface area contributed by atoms with Gasteiger partial charge in [0.05, 0.1) is 5.75 Å². The fraction of sp³-hybridized carbons (Fsp3) is 0.923. The lowest BCUT2D eigenvalue weighted by Gasteiger charge is -2.26. The van der Waals surface area contributed by atoms with Gasteiger partial charge in [0.2, 0.25) is 0 Å². The molecule has 0 aliphatic heterocycles. The summed E-state index contributed by atoms with van der Waals surface area (Å²) in [5, 5.41) is 0. The fourth-order valence-electron chi connectivity index (χ4n) is 1.99. The van der Waals surface area contributed by atoms with Gasteiger partial charge in [0.1, 0.15) is 5.78 Å². The van der Waals surface area contributed by atoms with Crippen LogP contribution in [0.15, 0.2) is 0 Å². The van der Waals surface area contributed by atoms with Crippen molar-refractivity contribution >= 4 is 17.5 Å². The lowest BCUT2D eigenvalue weighted by atomic mass is 9.81. The Bertz CT molecular complexity index is 209. The van der Waals surface area contributed by atoms with Crippen molar-refractivity contribution in [2.24, 2.45) is 11.8 Å². The summed E-state index contributed by atoms with van der Waals surface area (Å²) in [6.07, 6.45) is 4.75. The van der Waals surface area contributed by atoms with Gasteiger partial charge in [-0.3, -0.25) is 4.79 Å². The van der Waals surface area contributed by atoms with Gasteiger partial charge in [0.15, 0.2) is 0 Å². The second-order valence-corrected chi connectivity index (χ2v) is 7.63. The van der Waals surface area contributed by atoms with E-state index in [1.165, 1.54) is 12.8 Å². The lowest BCUT2D eigenvalue weighted by molar-refractivity contribution is -0.121. The van der Waals surface area contributed by atoms with Gasteiger partial charge in [0.25, 0.3) is 0 Å². The van der Waals surface area contributed by atoms with Crippen LogP contribution in [0, 0.1) is 11.8 Å². The first-order chi connectivity index (χ1) is 6.88. The number of hydrogen-bond acceptors (Lipinski definition) is 2. The Balaban J connectivity index is 2.29. The van der Waals surface area contributed by atoms with E-state index < -0.39 is 0 Å². The SMILES string of the molecule is CC1CCC(C(=O)CSC(C)(C)C)CC1. The minimum Gasteiger partial charge on any atom is -0.298 e. The van der Waals surface area contributed by atoms with E-state index in [1.54, 1.807) is 11.8 Å². The predicted octanol–water partition coefficient (Wildman–Crippen LogP) is 3.91. The number of hydrogen-bond donors (Lipinski definition) is 0. The molecule has 0 unspecified atom stereocenters. The van der Waals surface area contributed by atoms with Crippen LogP contribution < -0.4 is 0 Å². The molecule has 0 spiro atoms. The predicted molar refractivity (Wildman–Crippen MR) is 68.3 cm³/mol. The monoisotopic (exact) mass is 228 g/mol.